The molecule has 38 heavy (non-hydrogen) atoms. The molecule has 3 aromatic rings. The number of nitrogens with one attached hydrogen (secondary N) is 1. The zero-order valence-electron chi connectivity index (χ0n) is 20.3. The molecule has 11 heteroatoms. The van der Waals surface area contributed by atoms with E-state index in [1.165, 1.54) is 31.4 Å². The summed E-state index contributed by atoms with van der Waals surface area (Å²) in [5, 5.41) is 2.44. The molecule has 0 saturated carbocycles. The summed E-state index contributed by atoms with van der Waals surface area (Å²) in [6, 6.07) is 22.1. The molecule has 0 aromatic heterocycles. The lowest BCUT2D eigenvalue weighted by molar-refractivity contribution is -0.129. The van der Waals surface area contributed by atoms with Crippen LogP contribution in [0.3, 0.4) is 0 Å². The number of ether oxygens (including phenoxy) is 2. The van der Waals surface area contributed by atoms with Crippen LogP contribution in [0.15, 0.2) is 83.9 Å². The second kappa shape index (κ2) is 12.3. The Morgan fingerprint density at radius 1 is 1.11 bits per heavy atom. The fourth-order valence-corrected chi connectivity index (χ4v) is 4.92. The number of alkyl halides is 3. The number of thioether (sulfide) groups is 1. The largest absolute Gasteiger partial charge is 0.497 e. The number of hydrogen-bond donors (Lipinski definition) is 1. The molecule has 1 unspecified atom stereocenters. The first-order valence-corrected chi connectivity index (χ1v) is 12.9. The lowest BCUT2D eigenvalue weighted by Gasteiger charge is -2.32. The minimum atomic E-state index is -3.84. The molecular weight excluding hydrogens is 536 g/mol. The number of carbonyl (C=O) groups excluding carboxylic acids is 2. The van der Waals surface area contributed by atoms with Crippen LogP contribution in [0.5, 0.6) is 11.5 Å². The third-order valence-electron chi connectivity index (χ3n) is 5.53. The molecule has 198 valence electrons. The highest BCUT2D eigenvalue weighted by atomic mass is 35.5. The van der Waals surface area contributed by atoms with Crippen molar-refractivity contribution < 1.29 is 27.8 Å². The first kappa shape index (κ1) is 27.4. The van der Waals surface area contributed by atoms with Gasteiger partial charge in [0, 0.05) is 36.3 Å². The fourth-order valence-electron chi connectivity index (χ4n) is 3.70. The van der Waals surface area contributed by atoms with E-state index in [0.717, 1.165) is 17.3 Å². The maximum absolute atomic E-state index is 13.2. The topological polar surface area (TPSA) is 80.2 Å². The number of amides is 2. The van der Waals surface area contributed by atoms with Crippen LogP contribution in [0.4, 0.5) is 20.2 Å². The highest BCUT2D eigenvalue weighted by Crippen LogP contribution is 2.32. The molecule has 1 heterocycles. The molecule has 7 nitrogen and oxygen atoms in total. The van der Waals surface area contributed by atoms with E-state index in [1.807, 2.05) is 30.3 Å². The number of hydrogen-bond acceptors (Lipinski definition) is 6. The van der Waals surface area contributed by atoms with Gasteiger partial charge in [0.2, 0.25) is 11.8 Å². The summed E-state index contributed by atoms with van der Waals surface area (Å²) in [6.07, 6.45) is 0.580. The molecule has 2 amide bonds. The first-order chi connectivity index (χ1) is 18.2. The first-order valence-electron chi connectivity index (χ1n) is 11.6. The second-order valence-corrected chi connectivity index (χ2v) is 9.86. The highest BCUT2D eigenvalue weighted by Gasteiger charge is 2.36. The number of amidine groups is 1. The van der Waals surface area contributed by atoms with E-state index in [1.54, 1.807) is 29.2 Å². The predicted octanol–water partition coefficient (Wildman–Crippen LogP) is 6.07. The summed E-state index contributed by atoms with van der Waals surface area (Å²) in [7, 11) is 1.53. The van der Waals surface area contributed by atoms with E-state index in [9.17, 15) is 18.4 Å². The van der Waals surface area contributed by atoms with Gasteiger partial charge in [-0.2, -0.15) is 0 Å². The number of benzene rings is 3. The van der Waals surface area contributed by atoms with Gasteiger partial charge in [-0.05, 0) is 48.4 Å². The van der Waals surface area contributed by atoms with E-state index in [2.05, 4.69) is 15.0 Å². The highest BCUT2D eigenvalue weighted by molar-refractivity contribution is 8.15. The Hall–Kier alpha value is -3.63. The van der Waals surface area contributed by atoms with Crippen molar-refractivity contribution in [1.82, 2.24) is 4.90 Å². The van der Waals surface area contributed by atoms with E-state index >= 15 is 0 Å². The average Bonchev–Trinajstić information content (AvgIpc) is 2.89. The van der Waals surface area contributed by atoms with Crippen LogP contribution in [0.25, 0.3) is 0 Å². The number of nitrogens with zero attached hydrogens (tertiary/aromatic N) is 2. The van der Waals surface area contributed by atoms with Crippen molar-refractivity contribution in [3.8, 4) is 11.5 Å². The molecule has 0 spiro atoms. The summed E-state index contributed by atoms with van der Waals surface area (Å²) in [5.41, 5.74) is -1.86. The SMILES string of the molecule is COc1cccc(NC(=O)C2CC(=O)N(CCc3ccccc3)C(=Nc3ccc(OC(F)(F)Cl)cc3)S2)c1. The second-order valence-electron chi connectivity index (χ2n) is 8.25. The molecule has 1 fully saturated rings. The Kier molecular flexibility index (Phi) is 8.85. The van der Waals surface area contributed by atoms with E-state index in [0.29, 0.717) is 35.3 Å². The summed E-state index contributed by atoms with van der Waals surface area (Å²) in [4.78, 5) is 32.4. The molecule has 4 rings (SSSR count). The molecule has 1 atom stereocenters. The molecule has 0 radical (unpaired) electrons. The number of methoxy groups -OCH3 is 1. The monoisotopic (exact) mass is 559 g/mol. The number of halogens is 3. The van der Waals surface area contributed by atoms with Gasteiger partial charge in [-0.15, -0.1) is 8.78 Å². The number of aliphatic imine (C=N–C) groups is 1. The summed E-state index contributed by atoms with van der Waals surface area (Å²) >= 11 is 5.99. The van der Waals surface area contributed by atoms with Gasteiger partial charge in [0.1, 0.15) is 16.7 Å². The maximum Gasteiger partial charge on any atom is 0.487 e. The maximum atomic E-state index is 13.2. The smallest absolute Gasteiger partial charge is 0.487 e. The summed E-state index contributed by atoms with van der Waals surface area (Å²) < 4.78 is 35.4. The fraction of sp³-hybridized carbons (Fsp3) is 0.222. The van der Waals surface area contributed by atoms with Gasteiger partial charge in [0.15, 0.2) is 5.17 Å². The molecule has 0 aliphatic carbocycles. The Bertz CT molecular complexity index is 1300. The van der Waals surface area contributed by atoms with Crippen LogP contribution in [0.2, 0.25) is 0 Å². The Morgan fingerprint density at radius 2 is 1.84 bits per heavy atom. The average molecular weight is 560 g/mol. The molecule has 1 aliphatic heterocycles. The lowest BCUT2D eigenvalue weighted by atomic mass is 10.1. The van der Waals surface area contributed by atoms with Crippen molar-refractivity contribution in [1.29, 1.82) is 0 Å². The minimum Gasteiger partial charge on any atom is -0.497 e. The van der Waals surface area contributed by atoms with Crippen molar-refractivity contribution >= 4 is 51.7 Å². The van der Waals surface area contributed by atoms with E-state index in [4.69, 9.17) is 16.3 Å². The zero-order chi connectivity index (χ0) is 27.1. The molecular formula is C27H24ClF2N3O4S. The lowest BCUT2D eigenvalue weighted by Crippen LogP contribution is -2.46. The van der Waals surface area contributed by atoms with E-state index in [-0.39, 0.29) is 24.0 Å². The quantitative estimate of drug-likeness (QED) is 0.322. The third kappa shape index (κ3) is 7.69. The molecule has 1 N–H and O–H groups in total. The number of anilines is 1. The van der Waals surface area contributed by atoms with Gasteiger partial charge in [-0.1, -0.05) is 48.2 Å². The number of carbonyl (C=O) groups is 2. The molecule has 0 bridgehead atoms. The van der Waals surface area contributed by atoms with Crippen molar-refractivity contribution in [3.63, 3.8) is 0 Å². The van der Waals surface area contributed by atoms with Crippen LogP contribution in [0, 0.1) is 0 Å². The predicted molar refractivity (Wildman–Crippen MR) is 144 cm³/mol. The van der Waals surface area contributed by atoms with Crippen LogP contribution < -0.4 is 14.8 Å². The summed E-state index contributed by atoms with van der Waals surface area (Å²) in [6.45, 7) is 0.360. The van der Waals surface area contributed by atoms with Crippen LogP contribution in [-0.2, 0) is 16.0 Å². The number of rotatable bonds is 9. The Morgan fingerprint density at radius 3 is 2.53 bits per heavy atom. The normalized spacial score (nSPS) is 16.8. The standard InChI is InChI=1S/C27H24ClF2N3O4S/c1-36-22-9-5-8-20(16-22)31-25(35)23-17-24(34)33(15-14-18-6-3-2-4-7-18)26(38-23)32-19-10-12-21(13-11-19)37-27(28,29)30/h2-13,16,23H,14-15,17H2,1H3,(H,31,35). The summed E-state index contributed by atoms with van der Waals surface area (Å²) in [5.74, 6) is -0.146. The van der Waals surface area contributed by atoms with Crippen LogP contribution in [0.1, 0.15) is 12.0 Å². The zero-order valence-corrected chi connectivity index (χ0v) is 21.8. The third-order valence-corrected chi connectivity index (χ3v) is 6.80. The van der Waals surface area contributed by atoms with Gasteiger partial charge >= 0.3 is 5.57 Å². The van der Waals surface area contributed by atoms with Gasteiger partial charge in [-0.25, -0.2) is 4.99 Å². The Balaban J connectivity index is 1.55. The van der Waals surface area contributed by atoms with Crippen LogP contribution >= 0.6 is 23.4 Å². The van der Waals surface area contributed by atoms with E-state index < -0.39 is 10.8 Å². The molecule has 3 aromatic carbocycles. The van der Waals surface area contributed by atoms with Crippen molar-refractivity contribution in [2.45, 2.75) is 23.7 Å². The Labute approximate surface area is 227 Å². The van der Waals surface area contributed by atoms with Crippen molar-refractivity contribution in [3.05, 3.63) is 84.4 Å². The van der Waals surface area contributed by atoms with Gasteiger partial charge in [0.25, 0.3) is 0 Å². The van der Waals surface area contributed by atoms with Crippen LogP contribution in [-0.4, -0.2) is 46.4 Å². The molecule has 1 aliphatic rings. The molecule has 1 saturated heterocycles. The van der Waals surface area contributed by atoms with Gasteiger partial charge in [-0.3, -0.25) is 14.5 Å². The van der Waals surface area contributed by atoms with Gasteiger partial charge < -0.3 is 14.8 Å². The van der Waals surface area contributed by atoms with Crippen molar-refractivity contribution in [2.75, 3.05) is 19.0 Å². The minimum absolute atomic E-state index is 0.00807. The van der Waals surface area contributed by atoms with Gasteiger partial charge in [0.05, 0.1) is 12.8 Å². The van der Waals surface area contributed by atoms with Crippen molar-refractivity contribution in [2.24, 2.45) is 4.99 Å².